The number of nitriles is 2. The van der Waals surface area contributed by atoms with Crippen LogP contribution in [0.5, 0.6) is 0 Å². The second-order valence-corrected chi connectivity index (χ2v) is 10.4. The van der Waals surface area contributed by atoms with Gasteiger partial charge in [0.05, 0.1) is 23.3 Å². The fourth-order valence-corrected chi connectivity index (χ4v) is 5.98. The molecule has 6 aromatic carbocycles. The predicted octanol–water partition coefficient (Wildman–Crippen LogP) is 10.2. The van der Waals surface area contributed by atoms with Crippen LogP contribution in [0.1, 0.15) is 11.1 Å². The lowest BCUT2D eigenvalue weighted by Crippen LogP contribution is -1.89. The molecule has 4 nitrogen and oxygen atoms in total. The highest BCUT2D eigenvalue weighted by molar-refractivity contribution is 6.13. The van der Waals surface area contributed by atoms with Crippen molar-refractivity contribution in [2.24, 2.45) is 0 Å². The molecule has 42 heavy (non-hydrogen) atoms. The van der Waals surface area contributed by atoms with Gasteiger partial charge in [0.2, 0.25) is 0 Å². The van der Waals surface area contributed by atoms with Crippen LogP contribution in [0.2, 0.25) is 0 Å². The molecule has 8 rings (SSSR count). The van der Waals surface area contributed by atoms with Gasteiger partial charge in [-0.3, -0.25) is 0 Å². The van der Waals surface area contributed by atoms with E-state index in [0.717, 1.165) is 77.3 Å². The van der Waals surface area contributed by atoms with E-state index in [1.807, 2.05) is 72.8 Å². The van der Waals surface area contributed by atoms with Crippen molar-refractivity contribution in [3.63, 3.8) is 0 Å². The molecule has 0 fully saturated rings. The van der Waals surface area contributed by atoms with Crippen LogP contribution in [0.15, 0.2) is 130 Å². The first-order valence-electron chi connectivity index (χ1n) is 13.6. The molecule has 0 spiro atoms. The van der Waals surface area contributed by atoms with Gasteiger partial charge in [-0.25, -0.2) is 0 Å². The minimum absolute atomic E-state index is 0.601. The van der Waals surface area contributed by atoms with Gasteiger partial charge in [0.25, 0.3) is 0 Å². The molecule has 0 saturated carbocycles. The van der Waals surface area contributed by atoms with E-state index in [-0.39, 0.29) is 0 Å². The van der Waals surface area contributed by atoms with Crippen LogP contribution >= 0.6 is 0 Å². The van der Waals surface area contributed by atoms with Crippen LogP contribution in [0, 0.1) is 22.7 Å². The molecule has 0 bridgehead atoms. The number of rotatable bonds is 3. The van der Waals surface area contributed by atoms with Crippen molar-refractivity contribution in [3.8, 4) is 45.5 Å². The van der Waals surface area contributed by atoms with Crippen LogP contribution < -0.4 is 0 Å². The Bertz CT molecular complexity index is 2450. The average Bonchev–Trinajstić information content (AvgIpc) is 3.62. The van der Waals surface area contributed by atoms with Crippen LogP contribution in [-0.4, -0.2) is 0 Å². The Labute approximate surface area is 240 Å². The summed E-state index contributed by atoms with van der Waals surface area (Å²) in [7, 11) is 0. The first-order valence-corrected chi connectivity index (χ1v) is 13.6. The van der Waals surface area contributed by atoms with E-state index in [4.69, 9.17) is 8.83 Å². The largest absolute Gasteiger partial charge is 0.456 e. The van der Waals surface area contributed by atoms with E-state index in [0.29, 0.717) is 11.1 Å². The summed E-state index contributed by atoms with van der Waals surface area (Å²) in [6.07, 6.45) is 0. The van der Waals surface area contributed by atoms with Gasteiger partial charge in [-0.05, 0) is 100 Å². The van der Waals surface area contributed by atoms with E-state index in [9.17, 15) is 10.5 Å². The van der Waals surface area contributed by atoms with Crippen molar-refractivity contribution in [1.29, 1.82) is 10.5 Å². The van der Waals surface area contributed by atoms with Crippen LogP contribution in [0.25, 0.3) is 77.3 Å². The standard InChI is InChI=1S/C38H20N2O2/c39-21-23-12-15-35-33(16-23)31-14-13-24(20-37(31)42-35)26-17-27(29-7-2-1-6-25(29)22-40)19-28(18-26)30-9-5-11-36-38(30)32-8-3-4-10-34(32)41-36/h1-20H. The van der Waals surface area contributed by atoms with Gasteiger partial charge in [-0.15, -0.1) is 0 Å². The molecule has 0 amide bonds. The first-order chi connectivity index (χ1) is 20.7. The van der Waals surface area contributed by atoms with Gasteiger partial charge < -0.3 is 8.83 Å². The number of para-hydroxylation sites is 1. The Balaban J connectivity index is 1.39. The van der Waals surface area contributed by atoms with Gasteiger partial charge in [0.1, 0.15) is 22.3 Å². The van der Waals surface area contributed by atoms with Crippen molar-refractivity contribution in [3.05, 3.63) is 132 Å². The van der Waals surface area contributed by atoms with E-state index in [1.165, 1.54) is 0 Å². The number of fused-ring (bicyclic) bond motifs is 6. The van der Waals surface area contributed by atoms with Crippen LogP contribution in [-0.2, 0) is 0 Å². The Kier molecular flexibility index (Phi) is 5.22. The second-order valence-electron chi connectivity index (χ2n) is 10.4. The van der Waals surface area contributed by atoms with Crippen LogP contribution in [0.3, 0.4) is 0 Å². The molecule has 0 N–H and O–H groups in total. The van der Waals surface area contributed by atoms with Gasteiger partial charge in [0.15, 0.2) is 0 Å². The third-order valence-corrected chi connectivity index (χ3v) is 7.94. The lowest BCUT2D eigenvalue weighted by Gasteiger charge is -2.13. The van der Waals surface area contributed by atoms with Crippen molar-refractivity contribution in [2.45, 2.75) is 0 Å². The third-order valence-electron chi connectivity index (χ3n) is 7.94. The highest BCUT2D eigenvalue weighted by Gasteiger charge is 2.16. The molecule has 0 unspecified atom stereocenters. The first kappa shape index (κ1) is 23.8. The van der Waals surface area contributed by atoms with Gasteiger partial charge in [0, 0.05) is 21.5 Å². The molecule has 4 heteroatoms. The highest BCUT2D eigenvalue weighted by Crippen LogP contribution is 2.41. The maximum Gasteiger partial charge on any atom is 0.136 e. The summed E-state index contributed by atoms with van der Waals surface area (Å²) in [4.78, 5) is 0. The quantitative estimate of drug-likeness (QED) is 0.225. The molecule has 0 radical (unpaired) electrons. The zero-order valence-electron chi connectivity index (χ0n) is 22.3. The van der Waals surface area contributed by atoms with E-state index < -0.39 is 0 Å². The number of hydrogen-bond acceptors (Lipinski definition) is 4. The van der Waals surface area contributed by atoms with E-state index in [2.05, 4.69) is 54.6 Å². The minimum Gasteiger partial charge on any atom is -0.456 e. The third kappa shape index (κ3) is 3.68. The molecule has 2 aromatic heterocycles. The predicted molar refractivity (Wildman–Crippen MR) is 167 cm³/mol. The lowest BCUT2D eigenvalue weighted by molar-refractivity contribution is 0.668. The van der Waals surface area contributed by atoms with Crippen molar-refractivity contribution in [1.82, 2.24) is 0 Å². The minimum atomic E-state index is 0.601. The molecular formula is C38H20N2O2. The summed E-state index contributed by atoms with van der Waals surface area (Å²) in [5.74, 6) is 0. The monoisotopic (exact) mass is 536 g/mol. The summed E-state index contributed by atoms with van der Waals surface area (Å²) >= 11 is 0. The summed E-state index contributed by atoms with van der Waals surface area (Å²) in [5.41, 5.74) is 10.3. The maximum atomic E-state index is 9.91. The summed E-state index contributed by atoms with van der Waals surface area (Å²) in [5, 5.41) is 23.3. The number of hydrogen-bond donors (Lipinski definition) is 0. The lowest BCUT2D eigenvalue weighted by atomic mass is 9.90. The van der Waals surface area contributed by atoms with Crippen molar-refractivity contribution >= 4 is 43.9 Å². The summed E-state index contributed by atoms with van der Waals surface area (Å²) in [6, 6.07) is 44.6. The maximum absolute atomic E-state index is 9.91. The smallest absolute Gasteiger partial charge is 0.136 e. The van der Waals surface area contributed by atoms with Crippen LogP contribution in [0.4, 0.5) is 0 Å². The van der Waals surface area contributed by atoms with Crippen molar-refractivity contribution < 1.29 is 8.83 Å². The highest BCUT2D eigenvalue weighted by atomic mass is 16.3. The Morgan fingerprint density at radius 2 is 1.14 bits per heavy atom. The SMILES string of the molecule is N#Cc1ccc2oc3cc(-c4cc(-c5ccccc5C#N)cc(-c5cccc6oc7ccccc7c56)c4)ccc3c2c1. The Morgan fingerprint density at radius 3 is 2.02 bits per heavy atom. The molecule has 2 heterocycles. The summed E-state index contributed by atoms with van der Waals surface area (Å²) < 4.78 is 12.4. The number of benzene rings is 6. The normalized spacial score (nSPS) is 11.3. The zero-order valence-corrected chi connectivity index (χ0v) is 22.3. The molecule has 8 aromatic rings. The van der Waals surface area contributed by atoms with E-state index in [1.54, 1.807) is 6.07 Å². The topological polar surface area (TPSA) is 73.9 Å². The van der Waals surface area contributed by atoms with Gasteiger partial charge >= 0.3 is 0 Å². The molecular weight excluding hydrogens is 516 g/mol. The number of nitrogens with zero attached hydrogens (tertiary/aromatic N) is 2. The van der Waals surface area contributed by atoms with Crippen molar-refractivity contribution in [2.75, 3.05) is 0 Å². The fourth-order valence-electron chi connectivity index (χ4n) is 5.98. The Hall–Kier alpha value is -6.10. The molecule has 0 saturated heterocycles. The number of furan rings is 2. The summed E-state index contributed by atoms with van der Waals surface area (Å²) in [6.45, 7) is 0. The molecule has 0 aliphatic carbocycles. The molecule has 0 atom stereocenters. The Morgan fingerprint density at radius 1 is 0.429 bits per heavy atom. The molecule has 0 aliphatic rings. The molecule has 194 valence electrons. The molecule has 0 aliphatic heterocycles. The van der Waals surface area contributed by atoms with E-state index >= 15 is 0 Å². The van der Waals surface area contributed by atoms with Gasteiger partial charge in [-0.2, -0.15) is 10.5 Å². The van der Waals surface area contributed by atoms with Gasteiger partial charge in [-0.1, -0.05) is 54.6 Å². The second kappa shape index (κ2) is 9.24. The fraction of sp³-hybridized carbons (Fsp3) is 0. The zero-order chi connectivity index (χ0) is 28.2. The average molecular weight is 537 g/mol.